The molecule has 0 aliphatic heterocycles. The van der Waals surface area contributed by atoms with E-state index in [2.05, 4.69) is 10.3 Å². The van der Waals surface area contributed by atoms with Gasteiger partial charge in [0.2, 0.25) is 0 Å². The highest BCUT2D eigenvalue weighted by Gasteiger charge is 2.21. The molecular formula is C23H27ClN4O. The maximum Gasteiger partial charge on any atom is 0.252 e. The number of rotatable bonds is 5. The lowest BCUT2D eigenvalue weighted by molar-refractivity contribution is 0.0943. The van der Waals surface area contributed by atoms with Crippen LogP contribution < -0.4 is 11.1 Å². The van der Waals surface area contributed by atoms with E-state index in [1.54, 1.807) is 12.4 Å². The number of carbonyl (C=O) groups excluding carboxylic acids is 1. The van der Waals surface area contributed by atoms with Gasteiger partial charge in [-0.25, -0.2) is 4.98 Å². The minimum absolute atomic E-state index is 0. The van der Waals surface area contributed by atoms with Gasteiger partial charge < -0.3 is 11.1 Å². The van der Waals surface area contributed by atoms with Gasteiger partial charge >= 0.3 is 0 Å². The maximum absolute atomic E-state index is 13.0. The summed E-state index contributed by atoms with van der Waals surface area (Å²) in [5.74, 6) is 1.16. The molecule has 1 saturated carbocycles. The first-order valence-electron chi connectivity index (χ1n) is 10.0. The Morgan fingerprint density at radius 1 is 1.03 bits per heavy atom. The van der Waals surface area contributed by atoms with E-state index < -0.39 is 0 Å². The number of aromatic nitrogens is 2. The van der Waals surface area contributed by atoms with Crippen LogP contribution in [0, 0.1) is 11.8 Å². The summed E-state index contributed by atoms with van der Waals surface area (Å²) in [4.78, 5) is 21.8. The van der Waals surface area contributed by atoms with Crippen LogP contribution in [0.15, 0.2) is 54.9 Å². The summed E-state index contributed by atoms with van der Waals surface area (Å²) in [6, 6.07) is 13.5. The van der Waals surface area contributed by atoms with Gasteiger partial charge in [0.25, 0.3) is 5.91 Å². The third kappa shape index (κ3) is 4.92. The van der Waals surface area contributed by atoms with E-state index in [1.165, 1.54) is 12.8 Å². The largest absolute Gasteiger partial charge is 0.352 e. The molecule has 2 aromatic heterocycles. The number of carbonyl (C=O) groups is 1. The monoisotopic (exact) mass is 410 g/mol. The number of hydrogen-bond acceptors (Lipinski definition) is 4. The van der Waals surface area contributed by atoms with Crippen LogP contribution in [-0.2, 0) is 0 Å². The number of amides is 1. The topological polar surface area (TPSA) is 80.9 Å². The van der Waals surface area contributed by atoms with Crippen LogP contribution in [0.4, 0.5) is 0 Å². The zero-order valence-electron chi connectivity index (χ0n) is 16.4. The fraction of sp³-hybridized carbons (Fsp3) is 0.348. The molecule has 5 nitrogen and oxygen atoms in total. The van der Waals surface area contributed by atoms with Crippen molar-refractivity contribution in [3.8, 4) is 11.3 Å². The van der Waals surface area contributed by atoms with Crippen molar-refractivity contribution >= 4 is 29.2 Å². The minimum atomic E-state index is -0.0325. The summed E-state index contributed by atoms with van der Waals surface area (Å²) < 4.78 is 0. The molecule has 3 N–H and O–H groups in total. The van der Waals surface area contributed by atoms with Crippen molar-refractivity contribution in [2.45, 2.75) is 25.7 Å². The zero-order chi connectivity index (χ0) is 19.3. The number of nitrogens with zero attached hydrogens (tertiary/aromatic N) is 2. The van der Waals surface area contributed by atoms with Crippen molar-refractivity contribution in [2.75, 3.05) is 13.1 Å². The van der Waals surface area contributed by atoms with Crippen molar-refractivity contribution in [2.24, 2.45) is 17.6 Å². The molecule has 1 aliphatic carbocycles. The number of benzene rings is 1. The molecule has 1 aliphatic rings. The van der Waals surface area contributed by atoms with Gasteiger partial charge in [0.1, 0.15) is 0 Å². The predicted octanol–water partition coefficient (Wildman–Crippen LogP) is 4.21. The van der Waals surface area contributed by atoms with Crippen LogP contribution in [-0.4, -0.2) is 29.0 Å². The number of pyridine rings is 2. The van der Waals surface area contributed by atoms with E-state index in [9.17, 15) is 4.79 Å². The van der Waals surface area contributed by atoms with Crippen molar-refractivity contribution in [3.05, 3.63) is 60.4 Å². The molecule has 0 radical (unpaired) electrons. The molecule has 4 rings (SSSR count). The first-order chi connectivity index (χ1) is 13.7. The Balaban J connectivity index is 0.00000240. The quantitative estimate of drug-likeness (QED) is 0.660. The van der Waals surface area contributed by atoms with Crippen LogP contribution in [0.1, 0.15) is 36.0 Å². The number of hydrogen-bond donors (Lipinski definition) is 2. The summed E-state index contributed by atoms with van der Waals surface area (Å²) >= 11 is 0. The first kappa shape index (κ1) is 21.2. The predicted molar refractivity (Wildman–Crippen MR) is 119 cm³/mol. The molecule has 0 bridgehead atoms. The average Bonchev–Trinajstić information content (AvgIpc) is 2.77. The molecule has 6 heteroatoms. The van der Waals surface area contributed by atoms with Crippen LogP contribution in [0.2, 0.25) is 0 Å². The molecule has 2 heterocycles. The number of nitrogens with two attached hydrogens (primary N) is 1. The number of fused-ring (bicyclic) bond motifs is 1. The van der Waals surface area contributed by atoms with Crippen LogP contribution in [0.3, 0.4) is 0 Å². The molecule has 152 valence electrons. The highest BCUT2D eigenvalue weighted by molar-refractivity contribution is 6.07. The van der Waals surface area contributed by atoms with Gasteiger partial charge in [-0.1, -0.05) is 18.2 Å². The number of nitrogens with one attached hydrogen (secondary N) is 1. The maximum atomic E-state index is 13.0. The molecule has 0 atom stereocenters. The molecule has 0 unspecified atom stereocenters. The Kier molecular flexibility index (Phi) is 7.18. The lowest BCUT2D eigenvalue weighted by Gasteiger charge is -2.27. The second kappa shape index (κ2) is 9.81. The van der Waals surface area contributed by atoms with Gasteiger partial charge in [0.05, 0.1) is 16.8 Å². The van der Waals surface area contributed by atoms with Crippen molar-refractivity contribution < 1.29 is 4.79 Å². The van der Waals surface area contributed by atoms with Gasteiger partial charge in [-0.05, 0) is 68.3 Å². The third-order valence-electron chi connectivity index (χ3n) is 5.79. The van der Waals surface area contributed by atoms with E-state index in [0.717, 1.165) is 48.1 Å². The second-order valence-corrected chi connectivity index (χ2v) is 7.64. The molecule has 1 fully saturated rings. The zero-order valence-corrected chi connectivity index (χ0v) is 17.2. The Hall–Kier alpha value is -2.50. The fourth-order valence-corrected chi connectivity index (χ4v) is 4.04. The van der Waals surface area contributed by atoms with Gasteiger partial charge in [0, 0.05) is 29.9 Å². The van der Waals surface area contributed by atoms with Crippen LogP contribution >= 0.6 is 12.4 Å². The number of halogens is 1. The Bertz CT molecular complexity index is 956. The van der Waals surface area contributed by atoms with Gasteiger partial charge in [-0.15, -0.1) is 12.4 Å². The summed E-state index contributed by atoms with van der Waals surface area (Å²) in [7, 11) is 0. The van der Waals surface area contributed by atoms with Gasteiger partial charge in [-0.2, -0.15) is 0 Å². The van der Waals surface area contributed by atoms with E-state index in [1.807, 2.05) is 42.5 Å². The van der Waals surface area contributed by atoms with Gasteiger partial charge in [0.15, 0.2) is 0 Å². The highest BCUT2D eigenvalue weighted by Crippen LogP contribution is 2.28. The second-order valence-electron chi connectivity index (χ2n) is 7.64. The fourth-order valence-electron chi connectivity index (χ4n) is 4.04. The molecule has 3 aromatic rings. The number of para-hydroxylation sites is 1. The highest BCUT2D eigenvalue weighted by atomic mass is 35.5. The molecular weight excluding hydrogens is 384 g/mol. The lowest BCUT2D eigenvalue weighted by atomic mass is 9.82. The van der Waals surface area contributed by atoms with Crippen LogP contribution in [0.5, 0.6) is 0 Å². The van der Waals surface area contributed by atoms with E-state index in [-0.39, 0.29) is 18.3 Å². The molecule has 1 amide bonds. The normalized spacial score (nSPS) is 18.8. The van der Waals surface area contributed by atoms with Gasteiger partial charge in [-0.3, -0.25) is 9.78 Å². The summed E-state index contributed by atoms with van der Waals surface area (Å²) in [5.41, 5.74) is 9.02. The average molecular weight is 411 g/mol. The molecule has 0 saturated heterocycles. The Labute approximate surface area is 177 Å². The van der Waals surface area contributed by atoms with E-state index in [0.29, 0.717) is 17.4 Å². The minimum Gasteiger partial charge on any atom is -0.352 e. The molecule has 29 heavy (non-hydrogen) atoms. The first-order valence-corrected chi connectivity index (χ1v) is 10.0. The Morgan fingerprint density at radius 3 is 2.45 bits per heavy atom. The van der Waals surface area contributed by atoms with E-state index >= 15 is 0 Å². The van der Waals surface area contributed by atoms with Crippen molar-refractivity contribution in [1.82, 2.24) is 15.3 Å². The molecule has 1 aromatic carbocycles. The summed E-state index contributed by atoms with van der Waals surface area (Å²) in [5, 5.41) is 4.04. The molecule has 0 spiro atoms. The standard InChI is InChI=1S/C23H26N4O.ClH/c24-14-16-5-7-17(8-6-16)15-26-23(28)20-13-22(18-9-11-25-12-10-18)27-21-4-2-1-3-19(20)21;/h1-4,9-13,16-17H,5-8,14-15,24H2,(H,26,28);1H. The summed E-state index contributed by atoms with van der Waals surface area (Å²) in [6.07, 6.45) is 8.10. The SMILES string of the molecule is Cl.NCC1CCC(CNC(=O)c2cc(-c3ccncc3)nc3ccccc23)CC1. The van der Waals surface area contributed by atoms with Crippen LogP contribution in [0.25, 0.3) is 22.2 Å². The van der Waals surface area contributed by atoms with Crippen molar-refractivity contribution in [1.29, 1.82) is 0 Å². The lowest BCUT2D eigenvalue weighted by Crippen LogP contribution is -2.32. The van der Waals surface area contributed by atoms with Crippen molar-refractivity contribution in [3.63, 3.8) is 0 Å². The van der Waals surface area contributed by atoms with E-state index in [4.69, 9.17) is 10.7 Å². The third-order valence-corrected chi connectivity index (χ3v) is 5.79. The smallest absolute Gasteiger partial charge is 0.252 e. The Morgan fingerprint density at radius 2 is 1.72 bits per heavy atom. The summed E-state index contributed by atoms with van der Waals surface area (Å²) in [6.45, 7) is 1.50.